The average molecular weight is 253 g/mol. The predicted molar refractivity (Wildman–Crippen MR) is 66.6 cm³/mol. The third-order valence-corrected chi connectivity index (χ3v) is 3.97. The van der Waals surface area contributed by atoms with Crippen molar-refractivity contribution in [2.45, 2.75) is 19.1 Å². The fourth-order valence-corrected chi connectivity index (χ4v) is 2.50. The first kappa shape index (κ1) is 12.3. The molecule has 0 saturated carbocycles. The minimum Gasteiger partial charge on any atom is -0.299 e. The summed E-state index contributed by atoms with van der Waals surface area (Å²) in [6.07, 6.45) is 3.76. The second kappa shape index (κ2) is 4.25. The van der Waals surface area contributed by atoms with Crippen molar-refractivity contribution in [3.8, 4) is 0 Å². The van der Waals surface area contributed by atoms with Gasteiger partial charge in [-0.15, -0.1) is 0 Å². The van der Waals surface area contributed by atoms with E-state index in [0.29, 0.717) is 6.42 Å². The number of benzene rings is 1. The van der Waals surface area contributed by atoms with Crippen LogP contribution in [0.25, 0.3) is 6.08 Å². The second-order valence-corrected chi connectivity index (χ2v) is 5.95. The molecule has 0 radical (unpaired) electrons. The van der Waals surface area contributed by atoms with Gasteiger partial charge in [0.25, 0.3) is 10.1 Å². The molecule has 0 aliphatic heterocycles. The van der Waals surface area contributed by atoms with Crippen molar-refractivity contribution in [1.82, 2.24) is 0 Å². The van der Waals surface area contributed by atoms with Crippen LogP contribution >= 0.6 is 0 Å². The molecule has 1 aliphatic rings. The van der Waals surface area contributed by atoms with Gasteiger partial charge in [-0.05, 0) is 24.1 Å². The van der Waals surface area contributed by atoms with E-state index in [1.807, 2.05) is 24.3 Å². The first-order valence-corrected chi connectivity index (χ1v) is 7.01. The van der Waals surface area contributed by atoms with E-state index in [2.05, 4.69) is 0 Å². The van der Waals surface area contributed by atoms with E-state index in [1.165, 1.54) is 6.92 Å². The summed E-state index contributed by atoms with van der Waals surface area (Å²) in [7, 11) is -3.56. The second-order valence-electron chi connectivity index (χ2n) is 4.09. The molecule has 0 heterocycles. The molecule has 4 nitrogen and oxygen atoms in total. The Labute approximate surface area is 101 Å². The Balaban J connectivity index is 2.28. The van der Waals surface area contributed by atoms with E-state index in [1.54, 1.807) is 12.2 Å². The summed E-state index contributed by atoms with van der Waals surface area (Å²) in [6, 6.07) is 7.70. The van der Waals surface area contributed by atoms with Crippen LogP contribution in [-0.2, 0) is 20.7 Å². The van der Waals surface area contributed by atoms with Gasteiger partial charge in [-0.2, -0.15) is 8.42 Å². The maximum absolute atomic E-state index is 11.4. The maximum atomic E-state index is 11.4. The molecule has 0 fully saturated rings. The van der Waals surface area contributed by atoms with Crippen LogP contribution in [0.15, 0.2) is 30.3 Å². The highest BCUT2D eigenvalue weighted by atomic mass is 32.2. The van der Waals surface area contributed by atoms with Crippen molar-refractivity contribution in [2.75, 3.05) is 5.75 Å². The lowest BCUT2D eigenvalue weighted by Crippen LogP contribution is -2.46. The Kier molecular flexibility index (Phi) is 3.07. The first-order chi connectivity index (χ1) is 7.94. The van der Waals surface area contributed by atoms with E-state index in [-0.39, 0.29) is 5.75 Å². The van der Waals surface area contributed by atoms with Crippen molar-refractivity contribution in [3.05, 3.63) is 41.5 Å². The van der Waals surface area contributed by atoms with Gasteiger partial charge in [-0.3, -0.25) is 5.73 Å². The van der Waals surface area contributed by atoms with Crippen LogP contribution in [0, 0.1) is 0 Å². The molecule has 5 heteroatoms. The molecular weight excluding hydrogens is 238 g/mol. The third-order valence-electron chi connectivity index (χ3n) is 2.70. The molecular formula is C12H15NO3S. The fourth-order valence-electron chi connectivity index (χ4n) is 1.80. The van der Waals surface area contributed by atoms with Crippen LogP contribution in [0.2, 0.25) is 0 Å². The van der Waals surface area contributed by atoms with Gasteiger partial charge in [-0.25, -0.2) is 4.18 Å². The van der Waals surface area contributed by atoms with Gasteiger partial charge in [-0.1, -0.05) is 30.3 Å². The van der Waals surface area contributed by atoms with Gasteiger partial charge in [0.2, 0.25) is 0 Å². The molecule has 0 aromatic heterocycles. The summed E-state index contributed by atoms with van der Waals surface area (Å²) in [5, 5.41) is 0. The lowest BCUT2D eigenvalue weighted by atomic mass is 9.92. The molecule has 2 rings (SSSR count). The summed E-state index contributed by atoms with van der Waals surface area (Å²) in [5.74, 6) is -0.0819. The third kappa shape index (κ3) is 2.74. The van der Waals surface area contributed by atoms with E-state index in [9.17, 15) is 8.42 Å². The molecule has 1 atom stereocenters. The Morgan fingerprint density at radius 1 is 1.41 bits per heavy atom. The van der Waals surface area contributed by atoms with Crippen molar-refractivity contribution < 1.29 is 12.6 Å². The van der Waals surface area contributed by atoms with Gasteiger partial charge in [0, 0.05) is 6.42 Å². The van der Waals surface area contributed by atoms with Crippen molar-refractivity contribution in [3.63, 3.8) is 0 Å². The Bertz CT molecular complexity index is 551. The van der Waals surface area contributed by atoms with Crippen molar-refractivity contribution >= 4 is 16.2 Å². The van der Waals surface area contributed by atoms with Crippen LogP contribution < -0.4 is 5.73 Å². The lowest BCUT2D eigenvalue weighted by molar-refractivity contribution is 0.136. The summed E-state index contributed by atoms with van der Waals surface area (Å²) in [6.45, 7) is 1.53. The van der Waals surface area contributed by atoms with Crippen LogP contribution in [0.5, 0.6) is 0 Å². The smallest absolute Gasteiger partial charge is 0.269 e. The number of fused-ring (bicyclic) bond motifs is 1. The van der Waals surface area contributed by atoms with Crippen LogP contribution in [-0.4, -0.2) is 19.9 Å². The summed E-state index contributed by atoms with van der Waals surface area (Å²) in [5.41, 5.74) is 6.72. The standard InChI is InChI=1S/C12H15NO3S/c1-2-17(14,15)16-12(13)8-7-10-5-3-4-6-11(10)9-12/h3-8H,2,9,13H2,1H3. The van der Waals surface area contributed by atoms with Crippen LogP contribution in [0.3, 0.4) is 0 Å². The van der Waals surface area contributed by atoms with E-state index >= 15 is 0 Å². The molecule has 17 heavy (non-hydrogen) atoms. The zero-order chi connectivity index (χ0) is 12.5. The number of rotatable bonds is 3. The molecule has 1 unspecified atom stereocenters. The minimum absolute atomic E-state index is 0.0819. The van der Waals surface area contributed by atoms with Crippen LogP contribution in [0.4, 0.5) is 0 Å². The summed E-state index contributed by atoms with van der Waals surface area (Å²) in [4.78, 5) is 0. The maximum Gasteiger partial charge on any atom is 0.269 e. The van der Waals surface area contributed by atoms with Gasteiger partial charge in [0.1, 0.15) is 0 Å². The van der Waals surface area contributed by atoms with Gasteiger partial charge >= 0.3 is 0 Å². The highest BCUT2D eigenvalue weighted by molar-refractivity contribution is 7.86. The highest BCUT2D eigenvalue weighted by Gasteiger charge is 2.32. The Hall–Kier alpha value is -1.17. The van der Waals surface area contributed by atoms with Crippen molar-refractivity contribution in [2.24, 2.45) is 5.73 Å². The molecule has 0 amide bonds. The Morgan fingerprint density at radius 3 is 2.82 bits per heavy atom. The first-order valence-electron chi connectivity index (χ1n) is 5.43. The number of hydrogen-bond donors (Lipinski definition) is 1. The summed E-state index contributed by atoms with van der Waals surface area (Å²) >= 11 is 0. The lowest BCUT2D eigenvalue weighted by Gasteiger charge is -2.29. The number of nitrogens with two attached hydrogens (primary N) is 1. The molecule has 1 aromatic rings. The largest absolute Gasteiger partial charge is 0.299 e. The van der Waals surface area contributed by atoms with E-state index < -0.39 is 15.8 Å². The minimum atomic E-state index is -3.56. The fraction of sp³-hybridized carbons (Fsp3) is 0.333. The zero-order valence-corrected chi connectivity index (χ0v) is 10.4. The molecule has 1 aliphatic carbocycles. The normalized spacial score (nSPS) is 23.4. The van der Waals surface area contributed by atoms with Crippen molar-refractivity contribution in [1.29, 1.82) is 0 Å². The molecule has 92 valence electrons. The number of hydrogen-bond acceptors (Lipinski definition) is 4. The predicted octanol–water partition coefficient (Wildman–Crippen LogP) is 1.28. The SMILES string of the molecule is CCS(=O)(=O)OC1(N)C=Cc2ccccc2C1. The van der Waals surface area contributed by atoms with Gasteiger partial charge in [0.15, 0.2) is 5.72 Å². The quantitative estimate of drug-likeness (QED) is 0.650. The van der Waals surface area contributed by atoms with Crippen LogP contribution in [0.1, 0.15) is 18.1 Å². The molecule has 2 N–H and O–H groups in total. The molecule has 0 saturated heterocycles. The highest BCUT2D eigenvalue weighted by Crippen LogP contribution is 2.26. The topological polar surface area (TPSA) is 69.4 Å². The molecule has 1 aromatic carbocycles. The zero-order valence-electron chi connectivity index (χ0n) is 9.59. The van der Waals surface area contributed by atoms with E-state index in [0.717, 1.165) is 11.1 Å². The monoisotopic (exact) mass is 253 g/mol. The molecule has 0 spiro atoms. The molecule has 0 bridgehead atoms. The van der Waals surface area contributed by atoms with Gasteiger partial charge in [0.05, 0.1) is 5.75 Å². The van der Waals surface area contributed by atoms with Gasteiger partial charge < -0.3 is 0 Å². The van der Waals surface area contributed by atoms with E-state index in [4.69, 9.17) is 9.92 Å². The average Bonchev–Trinajstić information content (AvgIpc) is 2.27. The summed E-state index contributed by atoms with van der Waals surface area (Å²) < 4.78 is 27.9. The Morgan fingerprint density at radius 2 is 2.12 bits per heavy atom.